The summed E-state index contributed by atoms with van der Waals surface area (Å²) in [4.78, 5) is 12.5. The van der Waals surface area contributed by atoms with E-state index in [1.807, 2.05) is 19.1 Å². The number of aryl methyl sites for hydroxylation is 1. The van der Waals surface area contributed by atoms with E-state index in [0.717, 1.165) is 18.4 Å². The second kappa shape index (κ2) is 5.36. The molecule has 0 atom stereocenters. The van der Waals surface area contributed by atoms with E-state index in [9.17, 15) is 4.79 Å². The van der Waals surface area contributed by atoms with Crippen LogP contribution in [0, 0.1) is 17.8 Å². The van der Waals surface area contributed by atoms with E-state index in [2.05, 4.69) is 33.0 Å². The third kappa shape index (κ3) is 4.23. The minimum Gasteiger partial charge on any atom is -0.399 e. The van der Waals surface area contributed by atoms with E-state index in [1.54, 1.807) is 6.07 Å². The Labute approximate surface area is 128 Å². The molecule has 116 valence electrons. The Kier molecular flexibility index (Phi) is 4.05. The molecule has 0 heterocycles. The number of nitrogen functional groups attached to an aromatic ring is 1. The lowest BCUT2D eigenvalue weighted by Gasteiger charge is -2.45. The summed E-state index contributed by atoms with van der Waals surface area (Å²) in [5, 5.41) is 3.21. The number of benzene rings is 1. The first-order valence-electron chi connectivity index (χ1n) is 7.74. The maximum Gasteiger partial charge on any atom is 0.251 e. The molecule has 1 aromatic carbocycles. The molecule has 0 saturated heterocycles. The first-order valence-corrected chi connectivity index (χ1v) is 7.74. The number of hydrogen-bond donors (Lipinski definition) is 2. The van der Waals surface area contributed by atoms with Crippen LogP contribution < -0.4 is 11.1 Å². The van der Waals surface area contributed by atoms with Crippen LogP contribution in [0.4, 0.5) is 5.69 Å². The molecule has 1 saturated carbocycles. The van der Waals surface area contributed by atoms with Gasteiger partial charge in [-0.2, -0.15) is 0 Å². The molecule has 3 heteroatoms. The number of nitrogens with two attached hydrogens (primary N) is 1. The summed E-state index contributed by atoms with van der Waals surface area (Å²) in [6.45, 7) is 11.1. The third-order valence-corrected chi connectivity index (χ3v) is 4.25. The van der Waals surface area contributed by atoms with Gasteiger partial charge in [0, 0.05) is 17.3 Å². The molecule has 0 aromatic heterocycles. The predicted molar refractivity (Wildman–Crippen MR) is 88.3 cm³/mol. The number of hydrogen-bond acceptors (Lipinski definition) is 2. The van der Waals surface area contributed by atoms with Gasteiger partial charge in [-0.1, -0.05) is 27.7 Å². The summed E-state index contributed by atoms with van der Waals surface area (Å²) < 4.78 is 0. The topological polar surface area (TPSA) is 55.1 Å². The average Bonchev–Trinajstić information content (AvgIpc) is 2.22. The van der Waals surface area contributed by atoms with Crippen molar-refractivity contribution in [1.82, 2.24) is 5.32 Å². The molecule has 0 aliphatic heterocycles. The van der Waals surface area contributed by atoms with Crippen molar-refractivity contribution in [1.29, 1.82) is 0 Å². The van der Waals surface area contributed by atoms with Crippen LogP contribution in [-0.2, 0) is 0 Å². The quantitative estimate of drug-likeness (QED) is 0.811. The Morgan fingerprint density at radius 3 is 2.24 bits per heavy atom. The fraction of sp³-hybridized carbons (Fsp3) is 0.611. The molecule has 0 spiro atoms. The van der Waals surface area contributed by atoms with E-state index in [0.29, 0.717) is 11.3 Å². The van der Waals surface area contributed by atoms with Crippen molar-refractivity contribution in [3.05, 3.63) is 29.3 Å². The molecule has 2 rings (SSSR count). The fourth-order valence-corrected chi connectivity index (χ4v) is 4.16. The van der Waals surface area contributed by atoms with Crippen LogP contribution >= 0.6 is 0 Å². The first kappa shape index (κ1) is 15.9. The van der Waals surface area contributed by atoms with E-state index in [4.69, 9.17) is 5.73 Å². The van der Waals surface area contributed by atoms with Gasteiger partial charge in [0.05, 0.1) is 0 Å². The standard InChI is InChI=1S/C18H28N2O/c1-12-6-13(8-14(19)7-12)16(21)20-15-9-17(2,3)11-18(4,5)10-15/h6-8,15H,9-11,19H2,1-5H3,(H,20,21). The van der Waals surface area contributed by atoms with Gasteiger partial charge in [-0.25, -0.2) is 0 Å². The molecule has 21 heavy (non-hydrogen) atoms. The molecule has 1 amide bonds. The van der Waals surface area contributed by atoms with Crippen LogP contribution in [0.5, 0.6) is 0 Å². The normalized spacial score (nSPS) is 21.0. The maximum atomic E-state index is 12.5. The highest BCUT2D eigenvalue weighted by atomic mass is 16.1. The largest absolute Gasteiger partial charge is 0.399 e. The Morgan fingerprint density at radius 2 is 1.71 bits per heavy atom. The average molecular weight is 288 g/mol. The molecular weight excluding hydrogens is 260 g/mol. The summed E-state index contributed by atoms with van der Waals surface area (Å²) in [7, 11) is 0. The first-order chi connectivity index (χ1) is 9.56. The summed E-state index contributed by atoms with van der Waals surface area (Å²) in [6.07, 6.45) is 3.26. The molecule has 1 fully saturated rings. The second-order valence-corrected chi connectivity index (χ2v) is 8.22. The molecule has 1 aliphatic rings. The van der Waals surface area contributed by atoms with Crippen LogP contribution in [-0.4, -0.2) is 11.9 Å². The zero-order chi connectivity index (χ0) is 15.8. The summed E-state index contributed by atoms with van der Waals surface area (Å²) in [5.41, 5.74) is 8.70. The van der Waals surface area contributed by atoms with Crippen molar-refractivity contribution in [2.75, 3.05) is 5.73 Å². The molecular formula is C18H28N2O. The smallest absolute Gasteiger partial charge is 0.251 e. The van der Waals surface area contributed by atoms with Gasteiger partial charge in [-0.3, -0.25) is 4.79 Å². The van der Waals surface area contributed by atoms with Crippen LogP contribution in [0.3, 0.4) is 0 Å². The fourth-order valence-electron chi connectivity index (χ4n) is 4.16. The van der Waals surface area contributed by atoms with Gasteiger partial charge in [0.15, 0.2) is 0 Å². The molecule has 3 nitrogen and oxygen atoms in total. The summed E-state index contributed by atoms with van der Waals surface area (Å²) in [5.74, 6) is -0.0103. The lowest BCUT2D eigenvalue weighted by atomic mass is 9.63. The number of carbonyl (C=O) groups is 1. The number of carbonyl (C=O) groups excluding carboxylic acids is 1. The molecule has 1 aromatic rings. The minimum atomic E-state index is -0.0103. The Morgan fingerprint density at radius 1 is 1.14 bits per heavy atom. The lowest BCUT2D eigenvalue weighted by molar-refractivity contribution is 0.0713. The van der Waals surface area contributed by atoms with Crippen LogP contribution in [0.15, 0.2) is 18.2 Å². The van der Waals surface area contributed by atoms with Crippen molar-refractivity contribution in [2.24, 2.45) is 10.8 Å². The van der Waals surface area contributed by atoms with Crippen molar-refractivity contribution >= 4 is 11.6 Å². The molecule has 0 bridgehead atoms. The van der Waals surface area contributed by atoms with Gasteiger partial charge < -0.3 is 11.1 Å². The number of nitrogens with one attached hydrogen (secondary N) is 1. The molecule has 1 aliphatic carbocycles. The lowest BCUT2D eigenvalue weighted by Crippen LogP contribution is -2.46. The number of rotatable bonds is 2. The van der Waals surface area contributed by atoms with E-state index < -0.39 is 0 Å². The van der Waals surface area contributed by atoms with E-state index in [-0.39, 0.29) is 22.8 Å². The highest BCUT2D eigenvalue weighted by molar-refractivity contribution is 5.95. The Balaban J connectivity index is 2.12. The summed E-state index contributed by atoms with van der Waals surface area (Å²) in [6, 6.07) is 5.76. The Hall–Kier alpha value is -1.51. The van der Waals surface area contributed by atoms with Crippen molar-refractivity contribution < 1.29 is 4.79 Å². The Bertz CT molecular complexity index is 510. The SMILES string of the molecule is Cc1cc(N)cc(C(=O)NC2CC(C)(C)CC(C)(C)C2)c1. The van der Waals surface area contributed by atoms with E-state index in [1.165, 1.54) is 6.42 Å². The highest BCUT2D eigenvalue weighted by Crippen LogP contribution is 2.45. The van der Waals surface area contributed by atoms with Crippen molar-refractivity contribution in [3.63, 3.8) is 0 Å². The van der Waals surface area contributed by atoms with E-state index >= 15 is 0 Å². The maximum absolute atomic E-state index is 12.5. The van der Waals surface area contributed by atoms with Gasteiger partial charge in [0.1, 0.15) is 0 Å². The molecule has 0 unspecified atom stereocenters. The molecule has 0 radical (unpaired) electrons. The van der Waals surface area contributed by atoms with Crippen LogP contribution in [0.2, 0.25) is 0 Å². The number of amides is 1. The van der Waals surface area contributed by atoms with Crippen molar-refractivity contribution in [3.8, 4) is 0 Å². The van der Waals surface area contributed by atoms with Gasteiger partial charge in [0.2, 0.25) is 0 Å². The van der Waals surface area contributed by atoms with Crippen LogP contribution in [0.1, 0.15) is 62.9 Å². The van der Waals surface area contributed by atoms with Gasteiger partial charge >= 0.3 is 0 Å². The van der Waals surface area contributed by atoms with Gasteiger partial charge in [-0.15, -0.1) is 0 Å². The summed E-state index contributed by atoms with van der Waals surface area (Å²) >= 11 is 0. The highest BCUT2D eigenvalue weighted by Gasteiger charge is 2.38. The van der Waals surface area contributed by atoms with Crippen molar-refractivity contribution in [2.45, 2.75) is 59.9 Å². The predicted octanol–water partition coefficient (Wildman–Crippen LogP) is 3.91. The van der Waals surface area contributed by atoms with Crippen LogP contribution in [0.25, 0.3) is 0 Å². The van der Waals surface area contributed by atoms with Gasteiger partial charge in [0.25, 0.3) is 5.91 Å². The third-order valence-electron chi connectivity index (χ3n) is 4.25. The second-order valence-electron chi connectivity index (χ2n) is 8.22. The zero-order valence-corrected chi connectivity index (χ0v) is 13.9. The zero-order valence-electron chi connectivity index (χ0n) is 13.9. The monoisotopic (exact) mass is 288 g/mol. The minimum absolute atomic E-state index is 0.0103. The number of anilines is 1. The molecule has 3 N–H and O–H groups in total. The van der Waals surface area contributed by atoms with Gasteiger partial charge in [-0.05, 0) is 60.8 Å².